The second kappa shape index (κ2) is 8.84. The van der Waals surface area contributed by atoms with Crippen LogP contribution in [-0.4, -0.2) is 38.0 Å². The summed E-state index contributed by atoms with van der Waals surface area (Å²) in [6.45, 7) is 3.71. The fraction of sp³-hybridized carbons (Fsp3) is 0.174. The fourth-order valence-corrected chi connectivity index (χ4v) is 3.22. The van der Waals surface area contributed by atoms with E-state index >= 15 is 0 Å². The number of nitrogens with zero attached hydrogens (tertiary/aromatic N) is 3. The van der Waals surface area contributed by atoms with Crippen molar-refractivity contribution in [3.05, 3.63) is 76.8 Å². The Balaban J connectivity index is 1.58. The Hall–Kier alpha value is -4.27. The maximum absolute atomic E-state index is 12.9. The van der Waals surface area contributed by atoms with Crippen LogP contribution in [0.1, 0.15) is 30.2 Å². The number of rotatable bonds is 6. The second-order valence-corrected chi connectivity index (χ2v) is 7.07. The lowest BCUT2D eigenvalue weighted by molar-refractivity contribution is -0.118. The summed E-state index contributed by atoms with van der Waals surface area (Å²) in [7, 11) is 0. The molecule has 2 N–H and O–H groups in total. The summed E-state index contributed by atoms with van der Waals surface area (Å²) in [5.74, 6) is -0.349. The van der Waals surface area contributed by atoms with E-state index in [4.69, 9.17) is 4.74 Å². The Morgan fingerprint density at radius 1 is 1.12 bits per heavy atom. The molecule has 0 bridgehead atoms. The molecule has 0 spiro atoms. The number of nitrogens with one attached hydrogen (secondary N) is 2. The van der Waals surface area contributed by atoms with Gasteiger partial charge in [-0.05, 0) is 38.1 Å². The Kier molecular flexibility index (Phi) is 5.80. The Morgan fingerprint density at radius 2 is 1.84 bits per heavy atom. The molecule has 0 aliphatic heterocycles. The first kappa shape index (κ1) is 21.0. The molecule has 1 unspecified atom stereocenters. The molecule has 2 heterocycles. The molecule has 1 atom stereocenters. The van der Waals surface area contributed by atoms with Gasteiger partial charge in [0.15, 0.2) is 11.2 Å². The number of amides is 1. The summed E-state index contributed by atoms with van der Waals surface area (Å²) in [5.41, 5.74) is 1.76. The van der Waals surface area contributed by atoms with Gasteiger partial charge in [0, 0.05) is 11.3 Å². The van der Waals surface area contributed by atoms with E-state index in [0.717, 1.165) is 5.56 Å². The summed E-state index contributed by atoms with van der Waals surface area (Å²) < 4.78 is 6.51. The Morgan fingerprint density at radius 3 is 2.53 bits per heavy atom. The summed E-state index contributed by atoms with van der Waals surface area (Å²) in [6.07, 6.45) is 1.43. The molecule has 162 valence electrons. The van der Waals surface area contributed by atoms with Crippen LogP contribution >= 0.6 is 0 Å². The minimum atomic E-state index is -0.692. The lowest BCUT2D eigenvalue weighted by Crippen LogP contribution is -2.24. The molecule has 0 saturated heterocycles. The molecule has 4 aromatic rings. The van der Waals surface area contributed by atoms with Gasteiger partial charge in [-0.15, -0.1) is 0 Å². The molecular formula is C23H21N5O4. The number of carbonyl (C=O) groups is 2. The molecule has 0 aliphatic rings. The minimum Gasteiger partial charge on any atom is -0.462 e. The van der Waals surface area contributed by atoms with Crippen molar-refractivity contribution in [3.63, 3.8) is 0 Å². The molecule has 4 rings (SSSR count). The van der Waals surface area contributed by atoms with Crippen molar-refractivity contribution in [2.24, 2.45) is 0 Å². The van der Waals surface area contributed by atoms with Crippen molar-refractivity contribution < 1.29 is 14.3 Å². The lowest BCUT2D eigenvalue weighted by atomic mass is 10.2. The van der Waals surface area contributed by atoms with Crippen LogP contribution in [0.25, 0.3) is 22.6 Å². The Labute approximate surface area is 183 Å². The van der Waals surface area contributed by atoms with Gasteiger partial charge in [0.05, 0.1) is 18.5 Å². The molecule has 2 aromatic carbocycles. The highest BCUT2D eigenvalue weighted by molar-refractivity contribution is 5.95. The van der Waals surface area contributed by atoms with Crippen LogP contribution in [0.2, 0.25) is 0 Å². The number of imidazole rings is 1. The zero-order valence-electron chi connectivity index (χ0n) is 17.5. The fourth-order valence-electron chi connectivity index (χ4n) is 3.22. The number of anilines is 1. The highest BCUT2D eigenvalue weighted by atomic mass is 16.5. The number of carbonyl (C=O) groups excluding carboxylic acids is 2. The van der Waals surface area contributed by atoms with Crippen LogP contribution < -0.4 is 10.9 Å². The largest absolute Gasteiger partial charge is 0.462 e. The number of H-pyrrole nitrogens is 1. The SMILES string of the molecule is CCOC(=O)c1ccc(NC(=O)C(C)n2cnc3c(=O)[nH]c(-c4ccccc4)nc32)cc1. The van der Waals surface area contributed by atoms with Crippen LogP contribution in [0.15, 0.2) is 65.7 Å². The molecule has 0 fully saturated rings. The first-order valence-corrected chi connectivity index (χ1v) is 10.1. The van der Waals surface area contributed by atoms with Gasteiger partial charge in [0.2, 0.25) is 5.91 Å². The maximum atomic E-state index is 12.9. The maximum Gasteiger partial charge on any atom is 0.338 e. The van der Waals surface area contributed by atoms with Crippen LogP contribution in [0.5, 0.6) is 0 Å². The highest BCUT2D eigenvalue weighted by Gasteiger charge is 2.20. The molecule has 9 heteroatoms. The van der Waals surface area contributed by atoms with Crippen LogP contribution in [0.4, 0.5) is 5.69 Å². The molecule has 0 saturated carbocycles. The van der Waals surface area contributed by atoms with Gasteiger partial charge in [-0.3, -0.25) is 9.59 Å². The molecule has 2 aromatic heterocycles. The third-order valence-corrected chi connectivity index (χ3v) is 4.94. The van der Waals surface area contributed by atoms with Crippen molar-refractivity contribution in [1.29, 1.82) is 0 Å². The van der Waals surface area contributed by atoms with Crippen molar-refractivity contribution in [1.82, 2.24) is 19.5 Å². The van der Waals surface area contributed by atoms with Crippen LogP contribution in [-0.2, 0) is 9.53 Å². The summed E-state index contributed by atoms with van der Waals surface area (Å²) >= 11 is 0. The van der Waals surface area contributed by atoms with E-state index in [-0.39, 0.29) is 23.6 Å². The van der Waals surface area contributed by atoms with E-state index in [0.29, 0.717) is 22.7 Å². The van der Waals surface area contributed by atoms with E-state index in [1.54, 1.807) is 42.7 Å². The van der Waals surface area contributed by atoms with Gasteiger partial charge in [-0.25, -0.2) is 14.8 Å². The smallest absolute Gasteiger partial charge is 0.338 e. The average Bonchev–Trinajstić information content (AvgIpc) is 3.24. The minimum absolute atomic E-state index is 0.156. The first-order chi connectivity index (χ1) is 15.5. The molecule has 32 heavy (non-hydrogen) atoms. The van der Waals surface area contributed by atoms with Gasteiger partial charge in [-0.2, -0.15) is 0 Å². The predicted octanol–water partition coefficient (Wildman–Crippen LogP) is 3.16. The quantitative estimate of drug-likeness (QED) is 0.453. The van der Waals surface area contributed by atoms with E-state index in [1.807, 2.05) is 30.3 Å². The van der Waals surface area contributed by atoms with Crippen molar-refractivity contribution >= 4 is 28.7 Å². The zero-order valence-corrected chi connectivity index (χ0v) is 17.5. The molecule has 1 amide bonds. The summed E-state index contributed by atoms with van der Waals surface area (Å²) in [4.78, 5) is 48.5. The van der Waals surface area contributed by atoms with E-state index in [9.17, 15) is 14.4 Å². The predicted molar refractivity (Wildman–Crippen MR) is 119 cm³/mol. The van der Waals surface area contributed by atoms with Gasteiger partial charge >= 0.3 is 5.97 Å². The van der Waals surface area contributed by atoms with E-state index < -0.39 is 12.0 Å². The monoisotopic (exact) mass is 431 g/mol. The van der Waals surface area contributed by atoms with Gasteiger partial charge in [0.1, 0.15) is 11.9 Å². The number of benzene rings is 2. The van der Waals surface area contributed by atoms with Crippen molar-refractivity contribution in [3.8, 4) is 11.4 Å². The number of esters is 1. The van der Waals surface area contributed by atoms with Gasteiger partial charge in [-0.1, -0.05) is 30.3 Å². The standard InChI is InChI=1S/C23H21N5O4/c1-3-32-23(31)16-9-11-17(12-10-16)25-21(29)14(2)28-13-24-18-20(28)26-19(27-22(18)30)15-7-5-4-6-8-15/h4-14H,3H2,1-2H3,(H,25,29)(H,26,27,30). The summed E-state index contributed by atoms with van der Waals surface area (Å²) in [6, 6.07) is 15.0. The number of fused-ring (bicyclic) bond motifs is 1. The Bertz CT molecular complexity index is 1330. The third-order valence-electron chi connectivity index (χ3n) is 4.94. The number of aromatic nitrogens is 4. The number of hydrogen-bond acceptors (Lipinski definition) is 6. The van der Waals surface area contributed by atoms with E-state index in [1.165, 1.54) is 6.33 Å². The van der Waals surface area contributed by atoms with Crippen molar-refractivity contribution in [2.45, 2.75) is 19.9 Å². The van der Waals surface area contributed by atoms with Gasteiger partial charge in [0.25, 0.3) is 5.56 Å². The van der Waals surface area contributed by atoms with Crippen molar-refractivity contribution in [2.75, 3.05) is 11.9 Å². The number of aromatic amines is 1. The molecular weight excluding hydrogens is 410 g/mol. The third kappa shape index (κ3) is 4.13. The molecule has 9 nitrogen and oxygen atoms in total. The number of ether oxygens (including phenoxy) is 1. The van der Waals surface area contributed by atoms with Crippen LogP contribution in [0.3, 0.4) is 0 Å². The topological polar surface area (TPSA) is 119 Å². The molecule has 0 aliphatic carbocycles. The highest BCUT2D eigenvalue weighted by Crippen LogP contribution is 2.20. The molecule has 0 radical (unpaired) electrons. The number of hydrogen-bond donors (Lipinski definition) is 2. The van der Waals surface area contributed by atoms with Gasteiger partial charge < -0.3 is 19.6 Å². The summed E-state index contributed by atoms with van der Waals surface area (Å²) in [5, 5.41) is 2.80. The normalized spacial score (nSPS) is 11.8. The average molecular weight is 431 g/mol. The van der Waals surface area contributed by atoms with Crippen LogP contribution in [0, 0.1) is 0 Å². The zero-order chi connectivity index (χ0) is 22.7. The first-order valence-electron chi connectivity index (χ1n) is 10.1. The lowest BCUT2D eigenvalue weighted by Gasteiger charge is -2.14. The van der Waals surface area contributed by atoms with E-state index in [2.05, 4.69) is 20.3 Å². The second-order valence-electron chi connectivity index (χ2n) is 7.07.